The fraction of sp³-hybridized carbons (Fsp3) is 0.478. The minimum atomic E-state index is -4.38. The molecule has 2 aliphatic carbocycles. The van der Waals surface area contributed by atoms with Gasteiger partial charge >= 0.3 is 6.18 Å². The van der Waals surface area contributed by atoms with Crippen LogP contribution in [-0.2, 0) is 0 Å². The Labute approximate surface area is 183 Å². The Morgan fingerprint density at radius 2 is 2.09 bits per heavy atom. The van der Waals surface area contributed by atoms with Gasteiger partial charge in [-0.25, -0.2) is 9.97 Å². The average Bonchev–Trinajstić information content (AvgIpc) is 3.66. The second-order valence-corrected chi connectivity index (χ2v) is 9.24. The number of ether oxygens (including phenoxy) is 1. The van der Waals surface area contributed by atoms with E-state index < -0.39 is 12.8 Å². The third-order valence-electron chi connectivity index (χ3n) is 6.84. The maximum Gasteiger partial charge on any atom is 0.422 e. The number of halogens is 3. The van der Waals surface area contributed by atoms with Gasteiger partial charge in [0.2, 0.25) is 0 Å². The largest absolute Gasteiger partial charge is 0.484 e. The van der Waals surface area contributed by atoms with Crippen LogP contribution in [0.4, 0.5) is 19.0 Å². The Morgan fingerprint density at radius 1 is 1.25 bits per heavy atom. The average molecular weight is 443 g/mol. The highest BCUT2D eigenvalue weighted by Crippen LogP contribution is 2.51. The smallest absolute Gasteiger partial charge is 0.422 e. The number of hydrogen-bond acceptors (Lipinski definition) is 5. The summed E-state index contributed by atoms with van der Waals surface area (Å²) in [6.45, 7) is 0.691. The molecule has 0 aromatic carbocycles. The second-order valence-electron chi connectivity index (χ2n) is 9.24. The van der Waals surface area contributed by atoms with Crippen molar-refractivity contribution in [1.29, 1.82) is 0 Å². The number of hydrogen-bond donors (Lipinski definition) is 2. The molecule has 3 aromatic rings. The van der Waals surface area contributed by atoms with Crippen molar-refractivity contribution in [2.24, 2.45) is 5.41 Å². The Bertz CT molecular complexity index is 1170. The minimum Gasteiger partial charge on any atom is -0.484 e. The highest BCUT2D eigenvalue weighted by molar-refractivity contribution is 5.64. The number of rotatable bonds is 6. The molecule has 4 heterocycles. The molecular weight excluding hydrogens is 419 g/mol. The quantitative estimate of drug-likeness (QED) is 0.592. The summed E-state index contributed by atoms with van der Waals surface area (Å²) >= 11 is 0. The number of nitrogens with one attached hydrogen (secondary N) is 2. The molecule has 168 valence electrons. The predicted molar refractivity (Wildman–Crippen MR) is 114 cm³/mol. The molecule has 0 unspecified atom stereocenters. The number of aromatic nitrogens is 3. The van der Waals surface area contributed by atoms with E-state index >= 15 is 0 Å². The van der Waals surface area contributed by atoms with Crippen LogP contribution in [0.2, 0.25) is 0 Å². The fourth-order valence-electron chi connectivity index (χ4n) is 4.73. The maximum absolute atomic E-state index is 12.7. The summed E-state index contributed by atoms with van der Waals surface area (Å²) < 4.78 is 45.1. The monoisotopic (exact) mass is 443 g/mol. The highest BCUT2D eigenvalue weighted by atomic mass is 19.4. The van der Waals surface area contributed by atoms with Crippen LogP contribution in [-0.4, -0.2) is 46.3 Å². The van der Waals surface area contributed by atoms with Gasteiger partial charge in [0.15, 0.2) is 6.61 Å². The first-order valence-corrected chi connectivity index (χ1v) is 11.1. The Hall–Kier alpha value is -2.81. The lowest BCUT2D eigenvalue weighted by atomic mass is 10.0. The van der Waals surface area contributed by atoms with Crippen LogP contribution < -0.4 is 15.4 Å². The Kier molecular flexibility index (Phi) is 4.40. The molecule has 0 bridgehead atoms. The molecule has 1 atom stereocenters. The zero-order chi connectivity index (χ0) is 21.9. The van der Waals surface area contributed by atoms with E-state index in [1.807, 2.05) is 28.8 Å². The van der Waals surface area contributed by atoms with Gasteiger partial charge in [0.1, 0.15) is 17.2 Å². The van der Waals surface area contributed by atoms with Crippen LogP contribution in [0.5, 0.6) is 5.75 Å². The van der Waals surface area contributed by atoms with Crippen molar-refractivity contribution in [3.05, 3.63) is 42.2 Å². The first-order valence-electron chi connectivity index (χ1n) is 11.1. The molecule has 1 spiro atoms. The highest BCUT2D eigenvalue weighted by Gasteiger charge is 2.52. The van der Waals surface area contributed by atoms with E-state index in [0.717, 1.165) is 48.7 Å². The van der Waals surface area contributed by atoms with Gasteiger partial charge in [-0.05, 0) is 43.7 Å². The van der Waals surface area contributed by atoms with Crippen molar-refractivity contribution in [1.82, 2.24) is 19.7 Å². The molecule has 9 heteroatoms. The number of fused-ring (bicyclic) bond motifs is 1. The zero-order valence-corrected chi connectivity index (χ0v) is 17.5. The fourth-order valence-corrected chi connectivity index (χ4v) is 4.73. The van der Waals surface area contributed by atoms with E-state index in [4.69, 9.17) is 9.72 Å². The van der Waals surface area contributed by atoms with Crippen LogP contribution in [0.25, 0.3) is 17.0 Å². The molecule has 6 nitrogen and oxygen atoms in total. The lowest BCUT2D eigenvalue weighted by Gasteiger charge is -2.19. The summed E-state index contributed by atoms with van der Waals surface area (Å²) in [7, 11) is 0. The lowest BCUT2D eigenvalue weighted by Crippen LogP contribution is -2.29. The second kappa shape index (κ2) is 7.10. The first kappa shape index (κ1) is 19.8. The van der Waals surface area contributed by atoms with E-state index in [-0.39, 0.29) is 11.7 Å². The molecule has 0 amide bonds. The molecule has 2 saturated carbocycles. The van der Waals surface area contributed by atoms with Gasteiger partial charge in [0, 0.05) is 42.4 Å². The van der Waals surface area contributed by atoms with Gasteiger partial charge < -0.3 is 15.4 Å². The summed E-state index contributed by atoms with van der Waals surface area (Å²) in [5, 5.41) is 7.07. The number of imidazole rings is 1. The van der Waals surface area contributed by atoms with Gasteiger partial charge in [-0.1, -0.05) is 6.07 Å². The lowest BCUT2D eigenvalue weighted by molar-refractivity contribution is -0.153. The van der Waals surface area contributed by atoms with Crippen molar-refractivity contribution in [3.8, 4) is 17.1 Å². The standard InChI is InChI=1S/C23H24F3N5O/c24-23(25,26)13-32-18-8-21-28-9-17(31(21)11-15(18)14-4-5-14)16-2-1-3-20(29-16)30-19-10-27-12-22(19)6-7-22/h1-3,8-9,11,14,19,27H,4-7,10,12-13H2,(H,29,30)/t19-/m0/s1. The molecule has 32 heavy (non-hydrogen) atoms. The molecular formula is C23H24F3N5O. The molecule has 0 radical (unpaired) electrons. The zero-order valence-electron chi connectivity index (χ0n) is 17.5. The predicted octanol–water partition coefficient (Wildman–Crippen LogP) is 4.38. The molecule has 2 N–H and O–H groups in total. The van der Waals surface area contributed by atoms with Crippen molar-refractivity contribution in [3.63, 3.8) is 0 Å². The van der Waals surface area contributed by atoms with Crippen molar-refractivity contribution >= 4 is 11.5 Å². The third kappa shape index (κ3) is 3.68. The Balaban J connectivity index is 1.32. The van der Waals surface area contributed by atoms with Gasteiger partial charge in [0.05, 0.1) is 17.6 Å². The number of alkyl halides is 3. The summed E-state index contributed by atoms with van der Waals surface area (Å²) in [6, 6.07) is 7.85. The number of anilines is 1. The number of nitrogens with zero attached hydrogens (tertiary/aromatic N) is 3. The van der Waals surface area contributed by atoms with Crippen LogP contribution >= 0.6 is 0 Å². The summed E-state index contributed by atoms with van der Waals surface area (Å²) in [4.78, 5) is 9.24. The van der Waals surface area contributed by atoms with Crippen LogP contribution in [0.3, 0.4) is 0 Å². The first-order chi connectivity index (χ1) is 15.4. The SMILES string of the molecule is FC(F)(F)COc1cc2ncc(-c3cccc(N[C@H]4CNCC45CC5)n3)n2cc1C1CC1. The van der Waals surface area contributed by atoms with E-state index in [0.29, 0.717) is 17.1 Å². The molecule has 6 rings (SSSR count). The Morgan fingerprint density at radius 3 is 2.84 bits per heavy atom. The van der Waals surface area contributed by atoms with Crippen LogP contribution in [0.15, 0.2) is 36.7 Å². The van der Waals surface area contributed by atoms with Crippen molar-refractivity contribution < 1.29 is 17.9 Å². The van der Waals surface area contributed by atoms with Crippen molar-refractivity contribution in [2.75, 3.05) is 25.0 Å². The van der Waals surface area contributed by atoms with E-state index in [9.17, 15) is 13.2 Å². The normalized spacial score (nSPS) is 21.9. The van der Waals surface area contributed by atoms with E-state index in [2.05, 4.69) is 15.6 Å². The minimum absolute atomic E-state index is 0.225. The van der Waals surface area contributed by atoms with Crippen LogP contribution in [0.1, 0.15) is 37.2 Å². The molecule has 3 fully saturated rings. The van der Waals surface area contributed by atoms with Crippen LogP contribution in [0, 0.1) is 5.41 Å². The summed E-state index contributed by atoms with van der Waals surface area (Å²) in [6.07, 6.45) is 3.59. The molecule has 3 aromatic heterocycles. The molecule has 3 aliphatic rings. The topological polar surface area (TPSA) is 63.5 Å². The van der Waals surface area contributed by atoms with Gasteiger partial charge in [-0.15, -0.1) is 0 Å². The van der Waals surface area contributed by atoms with Crippen molar-refractivity contribution in [2.45, 2.75) is 43.8 Å². The molecule has 1 saturated heterocycles. The third-order valence-corrected chi connectivity index (χ3v) is 6.84. The summed E-state index contributed by atoms with van der Waals surface area (Å²) in [5.41, 5.74) is 3.27. The van der Waals surface area contributed by atoms with Gasteiger partial charge in [0.25, 0.3) is 0 Å². The molecule has 1 aliphatic heterocycles. The van der Waals surface area contributed by atoms with E-state index in [1.54, 1.807) is 12.3 Å². The summed E-state index contributed by atoms with van der Waals surface area (Å²) in [5.74, 6) is 1.31. The number of pyridine rings is 2. The van der Waals surface area contributed by atoms with Gasteiger partial charge in [-0.2, -0.15) is 13.2 Å². The van der Waals surface area contributed by atoms with E-state index in [1.165, 1.54) is 12.8 Å². The maximum atomic E-state index is 12.7. The van der Waals surface area contributed by atoms with Gasteiger partial charge in [-0.3, -0.25) is 4.40 Å².